The van der Waals surface area contributed by atoms with E-state index in [4.69, 9.17) is 5.73 Å². The molecule has 29 heavy (non-hydrogen) atoms. The van der Waals surface area contributed by atoms with Crippen molar-refractivity contribution in [2.45, 2.75) is 19.8 Å². The van der Waals surface area contributed by atoms with Crippen LogP contribution >= 0.6 is 0 Å². The van der Waals surface area contributed by atoms with Crippen molar-refractivity contribution < 1.29 is 4.79 Å². The Morgan fingerprint density at radius 3 is 2.76 bits per heavy atom. The van der Waals surface area contributed by atoms with Crippen LogP contribution in [0.25, 0.3) is 0 Å². The summed E-state index contributed by atoms with van der Waals surface area (Å²) >= 11 is 0. The largest absolute Gasteiger partial charge is 0.384 e. The number of anilines is 1. The number of hydrogen-bond acceptors (Lipinski definition) is 4. The molecule has 2 fully saturated rings. The number of aryl methyl sites for hydroxylation is 1. The highest BCUT2D eigenvalue weighted by molar-refractivity contribution is 5.94. The molecule has 2 unspecified atom stereocenters. The third kappa shape index (κ3) is 4.20. The summed E-state index contributed by atoms with van der Waals surface area (Å²) in [6.45, 7) is 6.82. The minimum atomic E-state index is 0.0750. The van der Waals surface area contributed by atoms with Crippen LogP contribution in [-0.4, -0.2) is 53.4 Å². The van der Waals surface area contributed by atoms with Gasteiger partial charge in [0.25, 0.3) is 5.91 Å². The molecule has 0 spiro atoms. The van der Waals surface area contributed by atoms with Gasteiger partial charge in [0.1, 0.15) is 5.82 Å². The molecule has 5 nitrogen and oxygen atoms in total. The lowest BCUT2D eigenvalue weighted by Gasteiger charge is -2.29. The smallest absolute Gasteiger partial charge is 0.255 e. The molecule has 1 aromatic carbocycles. The zero-order valence-corrected chi connectivity index (χ0v) is 17.1. The van der Waals surface area contributed by atoms with Crippen molar-refractivity contribution in [1.29, 1.82) is 0 Å². The van der Waals surface area contributed by atoms with Crippen LogP contribution < -0.4 is 5.73 Å². The highest BCUT2D eigenvalue weighted by Crippen LogP contribution is 2.46. The molecular formula is C24H30N4O. The zero-order valence-electron chi connectivity index (χ0n) is 17.1. The number of pyridine rings is 1. The van der Waals surface area contributed by atoms with E-state index >= 15 is 0 Å². The fourth-order valence-electron chi connectivity index (χ4n) is 4.95. The quantitative estimate of drug-likeness (QED) is 0.769. The molecule has 2 aliphatic heterocycles. The molecule has 0 bridgehead atoms. The molecule has 0 aliphatic carbocycles. The number of amides is 1. The highest BCUT2D eigenvalue weighted by atomic mass is 16.2. The van der Waals surface area contributed by atoms with Crippen LogP contribution in [0.3, 0.4) is 0 Å². The van der Waals surface area contributed by atoms with Gasteiger partial charge in [-0.25, -0.2) is 4.98 Å². The van der Waals surface area contributed by atoms with Gasteiger partial charge in [-0.1, -0.05) is 42.5 Å². The fraction of sp³-hybridized carbons (Fsp3) is 0.417. The van der Waals surface area contributed by atoms with E-state index in [1.807, 2.05) is 4.90 Å². The summed E-state index contributed by atoms with van der Waals surface area (Å²) in [6, 6.07) is 14.2. The summed E-state index contributed by atoms with van der Waals surface area (Å²) < 4.78 is 0. The van der Waals surface area contributed by atoms with E-state index in [0.29, 0.717) is 17.3 Å². The number of rotatable bonds is 6. The van der Waals surface area contributed by atoms with Crippen LogP contribution in [-0.2, 0) is 6.42 Å². The molecule has 2 saturated heterocycles. The molecule has 0 saturated carbocycles. The van der Waals surface area contributed by atoms with Crippen molar-refractivity contribution in [3.63, 3.8) is 0 Å². The average molecular weight is 391 g/mol. The molecule has 0 radical (unpaired) electrons. The summed E-state index contributed by atoms with van der Waals surface area (Å²) in [6.07, 6.45) is 8.11. The minimum absolute atomic E-state index is 0.0750. The van der Waals surface area contributed by atoms with Crippen LogP contribution in [0.5, 0.6) is 0 Å². The number of nitrogens with zero attached hydrogens (tertiary/aromatic N) is 3. The lowest BCUT2D eigenvalue weighted by atomic mass is 9.76. The van der Waals surface area contributed by atoms with Crippen LogP contribution in [0, 0.1) is 11.3 Å². The Bertz CT molecular complexity index is 864. The van der Waals surface area contributed by atoms with Crippen molar-refractivity contribution in [3.05, 3.63) is 71.9 Å². The SMILES string of the molecule is CC=CCN1CC2CN(C(=O)c3ccc(N)nc3)CC2(CCc2ccccc2)C1. The minimum Gasteiger partial charge on any atom is -0.384 e. The maximum Gasteiger partial charge on any atom is 0.255 e. The highest BCUT2D eigenvalue weighted by Gasteiger charge is 2.52. The number of hydrogen-bond donors (Lipinski definition) is 1. The normalized spacial score (nSPS) is 24.3. The zero-order chi connectivity index (χ0) is 20.3. The number of fused-ring (bicyclic) bond motifs is 1. The fourth-order valence-corrected chi connectivity index (χ4v) is 4.95. The van der Waals surface area contributed by atoms with Crippen LogP contribution in [0.4, 0.5) is 5.82 Å². The monoisotopic (exact) mass is 390 g/mol. The number of carbonyl (C=O) groups is 1. The number of aromatic nitrogens is 1. The Labute approximate surface area is 173 Å². The van der Waals surface area contributed by atoms with Gasteiger partial charge in [0, 0.05) is 44.3 Å². The third-order valence-electron chi connectivity index (χ3n) is 6.50. The number of allylic oxidation sites excluding steroid dienone is 1. The van der Waals surface area contributed by atoms with Crippen LogP contribution in [0.15, 0.2) is 60.8 Å². The van der Waals surface area contributed by atoms with E-state index in [-0.39, 0.29) is 11.3 Å². The molecule has 5 heteroatoms. The maximum absolute atomic E-state index is 13.1. The molecule has 4 rings (SSSR count). The summed E-state index contributed by atoms with van der Waals surface area (Å²) in [4.78, 5) is 21.8. The topological polar surface area (TPSA) is 62.5 Å². The molecule has 1 aromatic heterocycles. The lowest BCUT2D eigenvalue weighted by Crippen LogP contribution is -2.37. The Morgan fingerprint density at radius 1 is 1.21 bits per heavy atom. The van der Waals surface area contributed by atoms with Crippen LogP contribution in [0.2, 0.25) is 0 Å². The summed E-state index contributed by atoms with van der Waals surface area (Å²) in [5.41, 5.74) is 7.84. The molecule has 2 N–H and O–H groups in total. The Morgan fingerprint density at radius 2 is 2.03 bits per heavy atom. The average Bonchev–Trinajstić information content (AvgIpc) is 3.25. The summed E-state index contributed by atoms with van der Waals surface area (Å²) in [7, 11) is 0. The van der Waals surface area contributed by atoms with E-state index < -0.39 is 0 Å². The number of nitrogens with two attached hydrogens (primary N) is 1. The van der Waals surface area contributed by atoms with E-state index in [9.17, 15) is 4.79 Å². The van der Waals surface area contributed by atoms with Crippen molar-refractivity contribution in [2.75, 3.05) is 38.5 Å². The Kier molecular flexibility index (Phi) is 5.67. The van der Waals surface area contributed by atoms with E-state index in [1.54, 1.807) is 18.3 Å². The first-order valence-corrected chi connectivity index (χ1v) is 10.5. The van der Waals surface area contributed by atoms with E-state index in [2.05, 4.69) is 59.3 Å². The molecular weight excluding hydrogens is 360 g/mol. The number of likely N-dealkylation sites (tertiary alicyclic amines) is 2. The third-order valence-corrected chi connectivity index (χ3v) is 6.50. The molecule has 152 valence electrons. The van der Waals surface area contributed by atoms with Gasteiger partial charge in [0.15, 0.2) is 0 Å². The van der Waals surface area contributed by atoms with Gasteiger partial charge in [-0.15, -0.1) is 0 Å². The maximum atomic E-state index is 13.1. The predicted octanol–water partition coefficient (Wildman–Crippen LogP) is 3.25. The van der Waals surface area contributed by atoms with Gasteiger partial charge < -0.3 is 10.6 Å². The second kappa shape index (κ2) is 8.37. The first-order chi connectivity index (χ1) is 14.1. The summed E-state index contributed by atoms with van der Waals surface area (Å²) in [5, 5.41) is 0. The van der Waals surface area contributed by atoms with E-state index in [1.165, 1.54) is 5.56 Å². The number of nitrogen functional groups attached to an aromatic ring is 1. The predicted molar refractivity (Wildman–Crippen MR) is 116 cm³/mol. The second-order valence-corrected chi connectivity index (χ2v) is 8.47. The summed E-state index contributed by atoms with van der Waals surface area (Å²) in [5.74, 6) is 1.03. The van der Waals surface area contributed by atoms with Gasteiger partial charge in [-0.05, 0) is 43.4 Å². The molecule has 2 aromatic rings. The van der Waals surface area contributed by atoms with Gasteiger partial charge in [-0.2, -0.15) is 0 Å². The van der Waals surface area contributed by atoms with Crippen LogP contribution in [0.1, 0.15) is 29.3 Å². The lowest BCUT2D eigenvalue weighted by molar-refractivity contribution is 0.0758. The van der Waals surface area contributed by atoms with Crippen molar-refractivity contribution >= 4 is 11.7 Å². The van der Waals surface area contributed by atoms with Gasteiger partial charge in [0.05, 0.1) is 5.56 Å². The Balaban J connectivity index is 1.51. The van der Waals surface area contributed by atoms with Crippen molar-refractivity contribution in [1.82, 2.24) is 14.8 Å². The second-order valence-electron chi connectivity index (χ2n) is 8.47. The molecule has 3 heterocycles. The first-order valence-electron chi connectivity index (χ1n) is 10.5. The number of benzene rings is 1. The van der Waals surface area contributed by atoms with Crippen molar-refractivity contribution in [2.24, 2.45) is 11.3 Å². The molecule has 2 aliphatic rings. The first kappa shape index (κ1) is 19.6. The van der Waals surface area contributed by atoms with Gasteiger partial charge in [0.2, 0.25) is 0 Å². The standard InChI is InChI=1S/C24H30N4O/c1-2-3-13-27-15-21-16-28(23(29)20-9-10-22(25)26-14-20)18-24(21,17-27)12-11-19-7-5-4-6-8-19/h2-10,14,21H,11-13,15-18H2,1H3,(H2,25,26). The Hall–Kier alpha value is -2.66. The van der Waals surface area contributed by atoms with Crippen molar-refractivity contribution in [3.8, 4) is 0 Å². The van der Waals surface area contributed by atoms with Gasteiger partial charge >= 0.3 is 0 Å². The number of carbonyl (C=O) groups excluding carboxylic acids is 1. The van der Waals surface area contributed by atoms with Gasteiger partial charge in [-0.3, -0.25) is 9.69 Å². The molecule has 2 atom stereocenters. The van der Waals surface area contributed by atoms with E-state index in [0.717, 1.165) is 45.6 Å². The molecule has 1 amide bonds.